The van der Waals surface area contributed by atoms with Crippen molar-refractivity contribution in [1.29, 1.82) is 0 Å². The molecule has 9 heteroatoms. The molecule has 0 aliphatic carbocycles. The molecule has 0 aliphatic heterocycles. The van der Waals surface area contributed by atoms with Crippen molar-refractivity contribution in [2.75, 3.05) is 11.1 Å². The summed E-state index contributed by atoms with van der Waals surface area (Å²) in [5.41, 5.74) is 5.01. The van der Waals surface area contributed by atoms with Gasteiger partial charge in [-0.15, -0.1) is 0 Å². The van der Waals surface area contributed by atoms with Crippen LogP contribution < -0.4 is 16.6 Å². The van der Waals surface area contributed by atoms with Crippen LogP contribution in [-0.2, 0) is 5.75 Å². The molecule has 0 saturated carbocycles. The minimum atomic E-state index is -0.821. The number of aromatic nitrogens is 2. The lowest BCUT2D eigenvalue weighted by Crippen LogP contribution is -2.23. The summed E-state index contributed by atoms with van der Waals surface area (Å²) in [5.74, 6) is -1.90. The Kier molecular flexibility index (Phi) is 5.51. The van der Waals surface area contributed by atoms with Crippen molar-refractivity contribution < 1.29 is 13.6 Å². The number of nitrogens with one attached hydrogen (secondary N) is 2. The summed E-state index contributed by atoms with van der Waals surface area (Å²) in [6.07, 6.45) is 0. The Labute approximate surface area is 156 Å². The van der Waals surface area contributed by atoms with Gasteiger partial charge in [-0.25, -0.2) is 13.8 Å². The quantitative estimate of drug-likeness (QED) is 0.460. The summed E-state index contributed by atoms with van der Waals surface area (Å²) >= 11 is 1.08. The molecule has 1 aromatic heterocycles. The second kappa shape index (κ2) is 8.00. The Bertz CT molecular complexity index is 1060. The Hall–Kier alpha value is -3.20. The first kappa shape index (κ1) is 18.6. The first-order valence-electron chi connectivity index (χ1n) is 7.77. The molecule has 3 aromatic rings. The van der Waals surface area contributed by atoms with E-state index in [2.05, 4.69) is 15.3 Å². The number of nitrogens with zero attached hydrogens (tertiary/aromatic N) is 1. The molecule has 1 heterocycles. The van der Waals surface area contributed by atoms with E-state index in [1.165, 1.54) is 24.3 Å². The minimum Gasteiger partial charge on any atom is -0.382 e. The van der Waals surface area contributed by atoms with Crippen LogP contribution in [0.3, 0.4) is 0 Å². The Balaban J connectivity index is 1.77. The summed E-state index contributed by atoms with van der Waals surface area (Å²) in [5, 5.41) is 2.44. The first-order valence-corrected chi connectivity index (χ1v) is 8.76. The number of carbonyl (C=O) groups excluding carboxylic acids is 1. The maximum atomic E-state index is 13.7. The third-order valence-electron chi connectivity index (χ3n) is 3.60. The van der Waals surface area contributed by atoms with Crippen LogP contribution in [0.4, 0.5) is 20.3 Å². The van der Waals surface area contributed by atoms with E-state index >= 15 is 0 Å². The monoisotopic (exact) mass is 388 g/mol. The molecule has 0 radical (unpaired) electrons. The molecule has 0 spiro atoms. The molecule has 27 heavy (non-hydrogen) atoms. The van der Waals surface area contributed by atoms with Crippen molar-refractivity contribution in [1.82, 2.24) is 9.97 Å². The Morgan fingerprint density at radius 2 is 1.78 bits per heavy atom. The number of nitrogen functional groups attached to an aromatic ring is 1. The highest BCUT2D eigenvalue weighted by molar-refractivity contribution is 7.98. The molecular formula is C18H14F2N4O2S. The van der Waals surface area contributed by atoms with Gasteiger partial charge in [0.05, 0.1) is 5.56 Å². The number of carbonyl (C=O) groups is 1. The number of H-pyrrole nitrogens is 1. The van der Waals surface area contributed by atoms with Gasteiger partial charge >= 0.3 is 0 Å². The minimum absolute atomic E-state index is 0.171. The normalized spacial score (nSPS) is 10.6. The zero-order valence-corrected chi connectivity index (χ0v) is 14.6. The summed E-state index contributed by atoms with van der Waals surface area (Å²) in [7, 11) is 0. The number of nitrogens with two attached hydrogens (primary N) is 1. The molecule has 1 amide bonds. The van der Waals surface area contributed by atoms with Crippen molar-refractivity contribution in [3.8, 4) is 0 Å². The maximum Gasteiger partial charge on any atom is 0.277 e. The van der Waals surface area contributed by atoms with Crippen LogP contribution in [0.15, 0.2) is 58.5 Å². The van der Waals surface area contributed by atoms with Crippen molar-refractivity contribution >= 4 is 29.2 Å². The van der Waals surface area contributed by atoms with E-state index in [0.717, 1.165) is 17.8 Å². The molecule has 138 valence electrons. The largest absolute Gasteiger partial charge is 0.382 e. The Morgan fingerprint density at radius 1 is 1.11 bits per heavy atom. The van der Waals surface area contributed by atoms with Gasteiger partial charge in [0, 0.05) is 5.75 Å². The number of rotatable bonds is 5. The zero-order chi connectivity index (χ0) is 19.4. The topological polar surface area (TPSA) is 101 Å². The van der Waals surface area contributed by atoms with Crippen LogP contribution in [0.25, 0.3) is 0 Å². The predicted octanol–water partition coefficient (Wildman–Crippen LogP) is 3.17. The fourth-order valence-corrected chi connectivity index (χ4v) is 3.10. The highest BCUT2D eigenvalue weighted by Crippen LogP contribution is 2.22. The van der Waals surface area contributed by atoms with E-state index < -0.39 is 17.3 Å². The third-order valence-corrected chi connectivity index (χ3v) is 4.53. The number of halogens is 2. The molecule has 0 bridgehead atoms. The Morgan fingerprint density at radius 3 is 2.44 bits per heavy atom. The van der Waals surface area contributed by atoms with Gasteiger partial charge in [-0.05, 0) is 23.8 Å². The van der Waals surface area contributed by atoms with Gasteiger partial charge < -0.3 is 11.1 Å². The average Bonchev–Trinajstić information content (AvgIpc) is 2.64. The summed E-state index contributed by atoms with van der Waals surface area (Å²) in [6.45, 7) is 0. The highest BCUT2D eigenvalue weighted by Gasteiger charge is 2.16. The van der Waals surface area contributed by atoms with Crippen LogP contribution in [-0.4, -0.2) is 15.9 Å². The second-order valence-corrected chi connectivity index (χ2v) is 6.41. The van der Waals surface area contributed by atoms with Gasteiger partial charge in [0.15, 0.2) is 11.0 Å². The molecule has 0 atom stereocenters. The van der Waals surface area contributed by atoms with Crippen molar-refractivity contribution in [2.24, 2.45) is 0 Å². The van der Waals surface area contributed by atoms with Crippen LogP contribution in [0.5, 0.6) is 0 Å². The molecule has 3 rings (SSSR count). The fraction of sp³-hybridized carbons (Fsp3) is 0.0556. The van der Waals surface area contributed by atoms with E-state index in [9.17, 15) is 18.4 Å². The summed E-state index contributed by atoms with van der Waals surface area (Å²) in [6, 6.07) is 11.6. The smallest absolute Gasteiger partial charge is 0.277 e. The van der Waals surface area contributed by atoms with Crippen LogP contribution in [0.2, 0.25) is 0 Å². The number of aromatic amines is 1. The maximum absolute atomic E-state index is 13.7. The SMILES string of the molecule is Nc1nc(SCc2ccccc2F)[nH]c(=O)c1NC(=O)c1ccccc1F. The molecule has 2 aromatic carbocycles. The van der Waals surface area contributed by atoms with Gasteiger partial charge in [-0.1, -0.05) is 42.1 Å². The van der Waals surface area contributed by atoms with E-state index in [0.29, 0.717) is 5.56 Å². The second-order valence-electron chi connectivity index (χ2n) is 5.45. The molecular weight excluding hydrogens is 374 g/mol. The summed E-state index contributed by atoms with van der Waals surface area (Å²) < 4.78 is 27.3. The molecule has 4 N–H and O–H groups in total. The highest BCUT2D eigenvalue weighted by atomic mass is 32.2. The molecule has 0 unspecified atom stereocenters. The third kappa shape index (κ3) is 4.32. The lowest BCUT2D eigenvalue weighted by molar-refractivity contribution is 0.102. The van der Waals surface area contributed by atoms with Crippen molar-refractivity contribution in [2.45, 2.75) is 10.9 Å². The van der Waals surface area contributed by atoms with Crippen molar-refractivity contribution in [3.05, 3.63) is 81.6 Å². The van der Waals surface area contributed by atoms with E-state index in [-0.39, 0.29) is 33.8 Å². The standard InChI is InChI=1S/C18H14F2N4O2S/c19-12-7-3-1-5-10(12)9-27-18-23-15(21)14(17(26)24-18)22-16(25)11-6-2-4-8-13(11)20/h1-8H,9H2,(H,22,25)(H3,21,23,24,26). The first-order chi connectivity index (χ1) is 13.0. The average molecular weight is 388 g/mol. The van der Waals surface area contributed by atoms with Gasteiger partial charge in [0.2, 0.25) is 0 Å². The lowest BCUT2D eigenvalue weighted by Gasteiger charge is -2.09. The molecule has 6 nitrogen and oxygen atoms in total. The number of hydrogen-bond acceptors (Lipinski definition) is 5. The van der Waals surface area contributed by atoms with Gasteiger partial charge in [0.25, 0.3) is 11.5 Å². The van der Waals surface area contributed by atoms with Crippen LogP contribution >= 0.6 is 11.8 Å². The molecule has 0 aliphatic rings. The zero-order valence-electron chi connectivity index (χ0n) is 13.8. The van der Waals surface area contributed by atoms with Crippen LogP contribution in [0, 0.1) is 11.6 Å². The number of amides is 1. The number of benzene rings is 2. The lowest BCUT2D eigenvalue weighted by atomic mass is 10.2. The number of anilines is 2. The number of hydrogen-bond donors (Lipinski definition) is 3. The van der Waals surface area contributed by atoms with Gasteiger partial charge in [0.1, 0.15) is 17.3 Å². The van der Waals surface area contributed by atoms with E-state index in [1.54, 1.807) is 18.2 Å². The van der Waals surface area contributed by atoms with E-state index in [4.69, 9.17) is 5.73 Å². The predicted molar refractivity (Wildman–Crippen MR) is 99.6 cm³/mol. The van der Waals surface area contributed by atoms with Crippen LogP contribution in [0.1, 0.15) is 15.9 Å². The molecule has 0 fully saturated rings. The fourth-order valence-electron chi connectivity index (χ4n) is 2.25. The molecule has 0 saturated heterocycles. The summed E-state index contributed by atoms with van der Waals surface area (Å²) in [4.78, 5) is 30.8. The van der Waals surface area contributed by atoms with Crippen molar-refractivity contribution in [3.63, 3.8) is 0 Å². The van der Waals surface area contributed by atoms with Gasteiger partial charge in [-0.2, -0.15) is 0 Å². The van der Waals surface area contributed by atoms with Gasteiger partial charge in [-0.3, -0.25) is 14.6 Å². The number of thioether (sulfide) groups is 1. The van der Waals surface area contributed by atoms with E-state index in [1.807, 2.05) is 0 Å².